The minimum atomic E-state index is -0.128. The number of fused-ring (bicyclic) bond motifs is 1. The molecule has 1 aliphatic rings. The number of ether oxygens (including phenoxy) is 1. The SMILES string of the molecule is CCOC(=O)C1Cc2ccc(Br)cc2C(N)C1. The van der Waals surface area contributed by atoms with E-state index in [1.54, 1.807) is 0 Å². The van der Waals surface area contributed by atoms with Gasteiger partial charge in [-0.1, -0.05) is 22.0 Å². The number of nitrogens with two attached hydrogens (primary N) is 1. The van der Waals surface area contributed by atoms with E-state index in [0.717, 1.165) is 22.0 Å². The maximum absolute atomic E-state index is 11.7. The van der Waals surface area contributed by atoms with E-state index in [1.165, 1.54) is 0 Å². The second kappa shape index (κ2) is 5.19. The van der Waals surface area contributed by atoms with Gasteiger partial charge < -0.3 is 10.5 Å². The topological polar surface area (TPSA) is 52.3 Å². The van der Waals surface area contributed by atoms with Crippen LogP contribution in [0.5, 0.6) is 0 Å². The normalized spacial score (nSPS) is 23.0. The van der Waals surface area contributed by atoms with Gasteiger partial charge in [-0.25, -0.2) is 0 Å². The molecule has 2 rings (SSSR count). The van der Waals surface area contributed by atoms with E-state index in [0.29, 0.717) is 13.0 Å². The zero-order chi connectivity index (χ0) is 12.4. The van der Waals surface area contributed by atoms with Crippen LogP contribution in [0.1, 0.15) is 30.5 Å². The first kappa shape index (κ1) is 12.6. The molecular formula is C13H16BrNO2. The van der Waals surface area contributed by atoms with Crippen LogP contribution in [-0.2, 0) is 16.0 Å². The Balaban J connectivity index is 2.21. The van der Waals surface area contributed by atoms with Crippen molar-refractivity contribution in [1.82, 2.24) is 0 Å². The van der Waals surface area contributed by atoms with Gasteiger partial charge in [0.05, 0.1) is 12.5 Å². The smallest absolute Gasteiger partial charge is 0.309 e. The molecule has 2 unspecified atom stereocenters. The molecule has 1 aliphatic carbocycles. The second-order valence-corrected chi connectivity index (χ2v) is 5.25. The van der Waals surface area contributed by atoms with Crippen LogP contribution in [-0.4, -0.2) is 12.6 Å². The van der Waals surface area contributed by atoms with Crippen LogP contribution in [0.2, 0.25) is 0 Å². The van der Waals surface area contributed by atoms with E-state index in [2.05, 4.69) is 15.9 Å². The largest absolute Gasteiger partial charge is 0.466 e. The third-order valence-corrected chi connectivity index (χ3v) is 3.63. The summed E-state index contributed by atoms with van der Waals surface area (Å²) in [4.78, 5) is 11.7. The summed E-state index contributed by atoms with van der Waals surface area (Å²) in [7, 11) is 0. The Hall–Kier alpha value is -0.870. The van der Waals surface area contributed by atoms with Gasteiger partial charge in [0.2, 0.25) is 0 Å². The quantitative estimate of drug-likeness (QED) is 0.854. The standard InChI is InChI=1S/C13H16BrNO2/c1-2-17-13(16)9-5-8-3-4-10(14)7-11(8)12(15)6-9/h3-4,7,9,12H,2,5-6,15H2,1H3. The molecule has 2 N–H and O–H groups in total. The van der Waals surface area contributed by atoms with E-state index < -0.39 is 0 Å². The van der Waals surface area contributed by atoms with Crippen molar-refractivity contribution >= 4 is 21.9 Å². The molecule has 0 saturated carbocycles. The van der Waals surface area contributed by atoms with Crippen molar-refractivity contribution < 1.29 is 9.53 Å². The highest BCUT2D eigenvalue weighted by molar-refractivity contribution is 9.10. The van der Waals surface area contributed by atoms with Gasteiger partial charge in [0.1, 0.15) is 0 Å². The Labute approximate surface area is 109 Å². The third-order valence-electron chi connectivity index (χ3n) is 3.13. The van der Waals surface area contributed by atoms with E-state index in [4.69, 9.17) is 10.5 Å². The molecule has 1 aromatic rings. The summed E-state index contributed by atoms with van der Waals surface area (Å²) in [5, 5.41) is 0. The number of carbonyl (C=O) groups excluding carboxylic acids is 1. The molecule has 0 saturated heterocycles. The monoisotopic (exact) mass is 297 g/mol. The molecule has 0 bridgehead atoms. The highest BCUT2D eigenvalue weighted by Crippen LogP contribution is 2.33. The number of hydrogen-bond acceptors (Lipinski definition) is 3. The van der Waals surface area contributed by atoms with E-state index in [9.17, 15) is 4.79 Å². The molecule has 3 nitrogen and oxygen atoms in total. The molecule has 2 atom stereocenters. The van der Waals surface area contributed by atoms with E-state index in [1.807, 2.05) is 25.1 Å². The lowest BCUT2D eigenvalue weighted by Gasteiger charge is -2.28. The van der Waals surface area contributed by atoms with Crippen molar-refractivity contribution in [1.29, 1.82) is 0 Å². The molecular weight excluding hydrogens is 282 g/mol. The minimum Gasteiger partial charge on any atom is -0.466 e. The van der Waals surface area contributed by atoms with Crippen LogP contribution in [0, 0.1) is 5.92 Å². The van der Waals surface area contributed by atoms with Gasteiger partial charge in [0.25, 0.3) is 0 Å². The van der Waals surface area contributed by atoms with Crippen LogP contribution in [0.15, 0.2) is 22.7 Å². The highest BCUT2D eigenvalue weighted by atomic mass is 79.9. The molecule has 4 heteroatoms. The molecule has 17 heavy (non-hydrogen) atoms. The fourth-order valence-corrected chi connectivity index (χ4v) is 2.70. The lowest BCUT2D eigenvalue weighted by atomic mass is 9.81. The fraction of sp³-hybridized carbons (Fsp3) is 0.462. The number of carbonyl (C=O) groups is 1. The van der Waals surface area contributed by atoms with Crippen LogP contribution < -0.4 is 5.73 Å². The number of benzene rings is 1. The van der Waals surface area contributed by atoms with Crippen LogP contribution >= 0.6 is 15.9 Å². The summed E-state index contributed by atoms with van der Waals surface area (Å²) < 4.78 is 6.09. The lowest BCUT2D eigenvalue weighted by Crippen LogP contribution is -2.30. The Morgan fingerprint density at radius 1 is 1.59 bits per heavy atom. The molecule has 0 aromatic heterocycles. The summed E-state index contributed by atoms with van der Waals surface area (Å²) in [5.41, 5.74) is 8.41. The summed E-state index contributed by atoms with van der Waals surface area (Å²) in [6.45, 7) is 2.25. The molecule has 0 radical (unpaired) electrons. The Kier molecular flexibility index (Phi) is 3.84. The van der Waals surface area contributed by atoms with Crippen molar-refractivity contribution in [2.45, 2.75) is 25.8 Å². The van der Waals surface area contributed by atoms with E-state index >= 15 is 0 Å². The fourth-order valence-electron chi connectivity index (χ4n) is 2.32. The first-order valence-electron chi connectivity index (χ1n) is 5.82. The number of hydrogen-bond donors (Lipinski definition) is 1. The summed E-state index contributed by atoms with van der Waals surface area (Å²) >= 11 is 3.44. The minimum absolute atomic E-state index is 0.0781. The van der Waals surface area contributed by atoms with Crippen molar-refractivity contribution in [3.8, 4) is 0 Å². The van der Waals surface area contributed by atoms with Gasteiger partial charge in [-0.2, -0.15) is 0 Å². The van der Waals surface area contributed by atoms with Crippen LogP contribution in [0.3, 0.4) is 0 Å². The maximum atomic E-state index is 11.7. The Bertz CT molecular complexity index is 433. The molecule has 1 aromatic carbocycles. The van der Waals surface area contributed by atoms with Crippen molar-refractivity contribution in [3.63, 3.8) is 0 Å². The van der Waals surface area contributed by atoms with E-state index in [-0.39, 0.29) is 17.9 Å². The van der Waals surface area contributed by atoms with Crippen molar-refractivity contribution in [2.24, 2.45) is 11.7 Å². The number of esters is 1. The summed E-state index contributed by atoms with van der Waals surface area (Å²) in [5.74, 6) is -0.227. The first-order valence-corrected chi connectivity index (χ1v) is 6.61. The molecule has 0 amide bonds. The second-order valence-electron chi connectivity index (χ2n) is 4.34. The molecule has 0 aliphatic heterocycles. The van der Waals surface area contributed by atoms with Crippen molar-refractivity contribution in [2.75, 3.05) is 6.61 Å². The van der Waals surface area contributed by atoms with Gasteiger partial charge in [0, 0.05) is 10.5 Å². The molecule has 0 fully saturated rings. The average Bonchev–Trinajstić information content (AvgIpc) is 2.30. The molecule has 0 spiro atoms. The number of halogens is 1. The highest BCUT2D eigenvalue weighted by Gasteiger charge is 2.30. The van der Waals surface area contributed by atoms with Crippen LogP contribution in [0.4, 0.5) is 0 Å². The van der Waals surface area contributed by atoms with Gasteiger partial charge in [0.15, 0.2) is 0 Å². The van der Waals surface area contributed by atoms with Gasteiger partial charge in [-0.3, -0.25) is 4.79 Å². The predicted octanol–water partition coefficient (Wildman–Crippen LogP) is 2.57. The molecule has 0 heterocycles. The van der Waals surface area contributed by atoms with Gasteiger partial charge >= 0.3 is 5.97 Å². The van der Waals surface area contributed by atoms with Crippen LogP contribution in [0.25, 0.3) is 0 Å². The maximum Gasteiger partial charge on any atom is 0.309 e. The average molecular weight is 298 g/mol. The third kappa shape index (κ3) is 2.69. The number of rotatable bonds is 2. The van der Waals surface area contributed by atoms with Gasteiger partial charge in [-0.05, 0) is 43.0 Å². The first-order chi connectivity index (χ1) is 8.11. The summed E-state index contributed by atoms with van der Waals surface area (Å²) in [6.07, 6.45) is 1.40. The lowest BCUT2D eigenvalue weighted by molar-refractivity contribution is -0.148. The molecule has 92 valence electrons. The zero-order valence-electron chi connectivity index (χ0n) is 9.78. The summed E-state index contributed by atoms with van der Waals surface area (Å²) in [6, 6.07) is 5.98. The Morgan fingerprint density at radius 3 is 3.06 bits per heavy atom. The zero-order valence-corrected chi connectivity index (χ0v) is 11.4. The Morgan fingerprint density at radius 2 is 2.35 bits per heavy atom. The predicted molar refractivity (Wildman–Crippen MR) is 69.5 cm³/mol. The van der Waals surface area contributed by atoms with Crippen molar-refractivity contribution in [3.05, 3.63) is 33.8 Å². The van der Waals surface area contributed by atoms with Gasteiger partial charge in [-0.15, -0.1) is 0 Å².